The third kappa shape index (κ3) is 7.21. The molecule has 10 heteroatoms. The van der Waals surface area contributed by atoms with E-state index in [4.69, 9.17) is 9.47 Å². The van der Waals surface area contributed by atoms with Crippen molar-refractivity contribution in [1.82, 2.24) is 20.4 Å². The zero-order valence-electron chi connectivity index (χ0n) is 22.3. The minimum Gasteiger partial charge on any atom is -0.489 e. The summed E-state index contributed by atoms with van der Waals surface area (Å²) in [6.45, 7) is 5.47. The lowest BCUT2D eigenvalue weighted by molar-refractivity contribution is -0.125. The highest BCUT2D eigenvalue weighted by molar-refractivity contribution is 6.01. The lowest BCUT2D eigenvalue weighted by Gasteiger charge is -2.26. The summed E-state index contributed by atoms with van der Waals surface area (Å²) in [6.07, 6.45) is 2.08. The molecule has 2 N–H and O–H groups in total. The summed E-state index contributed by atoms with van der Waals surface area (Å²) in [5.41, 5.74) is 2.68. The largest absolute Gasteiger partial charge is 0.489 e. The number of aldehydes is 1. The van der Waals surface area contributed by atoms with Gasteiger partial charge in [-0.1, -0.05) is 18.2 Å². The van der Waals surface area contributed by atoms with Crippen LogP contribution in [0.25, 0.3) is 0 Å². The van der Waals surface area contributed by atoms with Gasteiger partial charge in [-0.3, -0.25) is 19.3 Å². The van der Waals surface area contributed by atoms with Crippen molar-refractivity contribution in [3.05, 3.63) is 64.7 Å². The molecule has 1 atom stereocenters. The Bertz CT molecular complexity index is 1160. The van der Waals surface area contributed by atoms with Crippen LogP contribution in [-0.2, 0) is 27.5 Å². The number of benzene rings is 2. The number of rotatable bonds is 13. The average Bonchev–Trinajstić information content (AvgIpc) is 3.31. The van der Waals surface area contributed by atoms with Gasteiger partial charge in [0.2, 0.25) is 5.91 Å². The minimum absolute atomic E-state index is 0.107. The Hall–Kier alpha value is -3.76. The average molecular weight is 537 g/mol. The van der Waals surface area contributed by atoms with Gasteiger partial charge in [0, 0.05) is 49.8 Å². The fraction of sp³-hybridized carbons (Fsp3) is 0.448. The molecule has 0 bridgehead atoms. The van der Waals surface area contributed by atoms with Crippen LogP contribution in [0.2, 0.25) is 0 Å². The second kappa shape index (κ2) is 13.9. The van der Waals surface area contributed by atoms with E-state index in [0.29, 0.717) is 23.4 Å². The number of carbonyl (C=O) groups is 4. The lowest BCUT2D eigenvalue weighted by atomic mass is 10.1. The number of carbonyl (C=O) groups excluding carboxylic acids is 4. The molecule has 0 radical (unpaired) electrons. The van der Waals surface area contributed by atoms with Gasteiger partial charge in [-0.15, -0.1) is 0 Å². The van der Waals surface area contributed by atoms with Gasteiger partial charge in [0.15, 0.2) is 0 Å². The van der Waals surface area contributed by atoms with Crippen molar-refractivity contribution in [3.8, 4) is 5.75 Å². The van der Waals surface area contributed by atoms with Crippen molar-refractivity contribution in [2.75, 3.05) is 46.4 Å². The first kappa shape index (κ1) is 28.3. The van der Waals surface area contributed by atoms with Crippen molar-refractivity contribution in [1.29, 1.82) is 0 Å². The Morgan fingerprint density at radius 2 is 1.90 bits per heavy atom. The summed E-state index contributed by atoms with van der Waals surface area (Å²) in [5.74, 6) is -0.0994. The molecule has 2 aromatic rings. The van der Waals surface area contributed by atoms with E-state index in [0.717, 1.165) is 56.7 Å². The van der Waals surface area contributed by atoms with Crippen molar-refractivity contribution in [2.45, 2.75) is 38.5 Å². The van der Waals surface area contributed by atoms with Crippen LogP contribution >= 0.6 is 0 Å². The van der Waals surface area contributed by atoms with Crippen molar-refractivity contribution >= 4 is 24.0 Å². The zero-order chi connectivity index (χ0) is 27.6. The van der Waals surface area contributed by atoms with E-state index in [2.05, 4.69) is 15.5 Å². The molecule has 39 heavy (non-hydrogen) atoms. The van der Waals surface area contributed by atoms with Crippen LogP contribution in [0.4, 0.5) is 0 Å². The maximum atomic E-state index is 13.1. The summed E-state index contributed by atoms with van der Waals surface area (Å²) in [7, 11) is 1.51. The molecule has 0 spiro atoms. The van der Waals surface area contributed by atoms with Gasteiger partial charge in [-0.25, -0.2) is 0 Å². The van der Waals surface area contributed by atoms with E-state index in [9.17, 15) is 19.2 Å². The minimum atomic E-state index is -0.731. The predicted molar refractivity (Wildman–Crippen MR) is 144 cm³/mol. The molecule has 208 valence electrons. The quantitative estimate of drug-likeness (QED) is 0.296. The van der Waals surface area contributed by atoms with Crippen LogP contribution in [0.15, 0.2) is 42.5 Å². The molecule has 3 amide bonds. The van der Waals surface area contributed by atoms with Gasteiger partial charge in [0.25, 0.3) is 11.8 Å². The van der Waals surface area contributed by atoms with Gasteiger partial charge in [-0.05, 0) is 49.2 Å². The van der Waals surface area contributed by atoms with Gasteiger partial charge in [0.1, 0.15) is 24.7 Å². The molecule has 0 saturated carbocycles. The first-order valence-electron chi connectivity index (χ1n) is 13.4. The molecular weight excluding hydrogens is 500 g/mol. The smallest absolute Gasteiger partial charge is 0.255 e. The molecule has 0 aromatic heterocycles. The third-order valence-electron chi connectivity index (χ3n) is 7.09. The van der Waals surface area contributed by atoms with Gasteiger partial charge < -0.3 is 29.8 Å². The topological polar surface area (TPSA) is 117 Å². The van der Waals surface area contributed by atoms with Crippen LogP contribution in [-0.4, -0.2) is 86.3 Å². The zero-order valence-corrected chi connectivity index (χ0v) is 22.3. The maximum Gasteiger partial charge on any atom is 0.255 e. The Labute approximate surface area is 228 Å². The van der Waals surface area contributed by atoms with Crippen molar-refractivity contribution in [3.63, 3.8) is 0 Å². The SMILES string of the molecule is CNC(=O)C(CCC=O)N1Cc2c(OCc3ccc(C(=O)NCCCN4CCOCC4)cc3)cccc2C1=O. The van der Waals surface area contributed by atoms with Crippen LogP contribution in [0.5, 0.6) is 5.75 Å². The molecule has 2 aliphatic rings. The Kier molecular flexibility index (Phi) is 10.0. The second-order valence-electron chi connectivity index (χ2n) is 9.64. The monoisotopic (exact) mass is 536 g/mol. The first-order chi connectivity index (χ1) is 19.0. The van der Waals surface area contributed by atoms with E-state index in [-0.39, 0.29) is 43.7 Å². The lowest BCUT2D eigenvalue weighted by Crippen LogP contribution is -2.46. The highest BCUT2D eigenvalue weighted by Gasteiger charge is 2.37. The number of morpholine rings is 1. The van der Waals surface area contributed by atoms with Crippen LogP contribution < -0.4 is 15.4 Å². The van der Waals surface area contributed by atoms with E-state index in [1.54, 1.807) is 30.3 Å². The molecular formula is C29H36N4O6. The third-order valence-corrected chi connectivity index (χ3v) is 7.09. The summed E-state index contributed by atoms with van der Waals surface area (Å²) in [5, 5.41) is 5.56. The number of amides is 3. The van der Waals surface area contributed by atoms with E-state index in [1.807, 2.05) is 12.1 Å². The normalized spacial score (nSPS) is 15.9. The van der Waals surface area contributed by atoms with Gasteiger partial charge >= 0.3 is 0 Å². The number of likely N-dealkylation sites (N-methyl/N-ethyl adjacent to an activating group) is 1. The second-order valence-corrected chi connectivity index (χ2v) is 9.64. The molecule has 1 fully saturated rings. The maximum absolute atomic E-state index is 13.1. The van der Waals surface area contributed by atoms with Gasteiger partial charge in [0.05, 0.1) is 19.8 Å². The molecule has 2 heterocycles. The van der Waals surface area contributed by atoms with Crippen molar-refractivity contribution in [2.24, 2.45) is 0 Å². The number of hydrogen-bond acceptors (Lipinski definition) is 7. The first-order valence-corrected chi connectivity index (χ1v) is 13.4. The Morgan fingerprint density at radius 3 is 2.62 bits per heavy atom. The summed E-state index contributed by atoms with van der Waals surface area (Å²) < 4.78 is 11.4. The van der Waals surface area contributed by atoms with E-state index >= 15 is 0 Å². The summed E-state index contributed by atoms with van der Waals surface area (Å²) >= 11 is 0. The molecule has 2 aliphatic heterocycles. The number of ether oxygens (including phenoxy) is 2. The molecule has 2 aromatic carbocycles. The summed E-state index contributed by atoms with van der Waals surface area (Å²) in [6, 6.07) is 11.8. The molecule has 0 aliphatic carbocycles. The number of nitrogens with one attached hydrogen (secondary N) is 2. The van der Waals surface area contributed by atoms with Crippen LogP contribution in [0, 0.1) is 0 Å². The molecule has 10 nitrogen and oxygen atoms in total. The number of hydrogen-bond donors (Lipinski definition) is 2. The van der Waals surface area contributed by atoms with E-state index < -0.39 is 6.04 Å². The fourth-order valence-electron chi connectivity index (χ4n) is 4.88. The van der Waals surface area contributed by atoms with Crippen LogP contribution in [0.1, 0.15) is 51.1 Å². The fourth-order valence-corrected chi connectivity index (χ4v) is 4.88. The summed E-state index contributed by atoms with van der Waals surface area (Å²) in [4.78, 5) is 52.7. The number of nitrogens with zero attached hydrogens (tertiary/aromatic N) is 2. The molecule has 4 rings (SSSR count). The predicted octanol–water partition coefficient (Wildman–Crippen LogP) is 1.77. The highest BCUT2D eigenvalue weighted by atomic mass is 16.5. The Balaban J connectivity index is 1.30. The molecule has 1 unspecified atom stereocenters. The van der Waals surface area contributed by atoms with Gasteiger partial charge in [-0.2, -0.15) is 0 Å². The highest BCUT2D eigenvalue weighted by Crippen LogP contribution is 2.33. The Morgan fingerprint density at radius 1 is 1.13 bits per heavy atom. The van der Waals surface area contributed by atoms with Crippen LogP contribution in [0.3, 0.4) is 0 Å². The van der Waals surface area contributed by atoms with Crippen molar-refractivity contribution < 1.29 is 28.7 Å². The van der Waals surface area contributed by atoms with E-state index in [1.165, 1.54) is 11.9 Å². The number of fused-ring (bicyclic) bond motifs is 1. The standard InChI is InChI=1S/C29H36N4O6/c1-30-28(36)25(6-3-16-34)33-19-24-23(29(33)37)5-2-7-26(24)39-20-21-8-10-22(11-9-21)27(35)31-12-4-13-32-14-17-38-18-15-32/h2,5,7-11,16,25H,3-4,6,12-15,17-20H2,1H3,(H,30,36)(H,31,35). The molecule has 1 saturated heterocycles.